The Labute approximate surface area is 88.1 Å². The van der Waals surface area contributed by atoms with E-state index in [1.165, 1.54) is 5.56 Å². The molecule has 0 aromatic heterocycles. The second-order valence-corrected chi connectivity index (χ2v) is 3.42. The number of nitrogens with zero attached hydrogens (tertiary/aromatic N) is 1. The molecule has 0 saturated heterocycles. The van der Waals surface area contributed by atoms with Crippen LogP contribution in [-0.2, 0) is 10.7 Å². The van der Waals surface area contributed by atoms with Crippen molar-refractivity contribution in [2.75, 3.05) is 0 Å². The molecule has 64 valence electrons. The molecule has 0 heterocycles. The summed E-state index contributed by atoms with van der Waals surface area (Å²) in [6.45, 7) is 0. The van der Waals surface area contributed by atoms with E-state index in [1.807, 2.05) is 18.2 Å². The van der Waals surface area contributed by atoms with E-state index < -0.39 is 0 Å². The molecule has 0 spiro atoms. The van der Waals surface area contributed by atoms with Crippen LogP contribution in [0.15, 0.2) is 23.3 Å². The molecule has 1 aromatic carbocycles. The lowest BCUT2D eigenvalue weighted by Gasteiger charge is -2.05. The molecule has 0 unspecified atom stereocenters. The Morgan fingerprint density at radius 1 is 1.25 bits per heavy atom. The molecule has 12 heavy (non-hydrogen) atoms. The second kappa shape index (κ2) is 4.72. The molecule has 0 aliphatic carbocycles. The van der Waals surface area contributed by atoms with Gasteiger partial charge in [-0.25, -0.2) is 5.53 Å². The van der Waals surface area contributed by atoms with Gasteiger partial charge in [-0.3, -0.25) is 0 Å². The Kier molecular flexibility index (Phi) is 3.88. The lowest BCUT2D eigenvalue weighted by Crippen LogP contribution is -1.87. The summed E-state index contributed by atoms with van der Waals surface area (Å²) >= 11 is 6.77. The third-order valence-electron chi connectivity index (χ3n) is 1.65. The van der Waals surface area contributed by atoms with Gasteiger partial charge in [0.1, 0.15) is 0 Å². The van der Waals surface area contributed by atoms with Gasteiger partial charge in [-0.05, 0) is 17.2 Å². The maximum atomic E-state index is 6.95. The van der Waals surface area contributed by atoms with Gasteiger partial charge in [0.2, 0.25) is 0 Å². The summed E-state index contributed by atoms with van der Waals surface area (Å²) < 4.78 is 0. The van der Waals surface area contributed by atoms with Gasteiger partial charge in [0, 0.05) is 10.7 Å². The van der Waals surface area contributed by atoms with Gasteiger partial charge in [-0.15, -0.1) is 0 Å². The minimum absolute atomic E-state index is 0.740. The van der Waals surface area contributed by atoms with Gasteiger partial charge in [-0.1, -0.05) is 44.0 Å². The summed E-state index contributed by atoms with van der Waals surface area (Å²) in [5.41, 5.74) is 9.96. The molecule has 2 nitrogen and oxygen atoms in total. The van der Waals surface area contributed by atoms with E-state index in [0.29, 0.717) is 0 Å². The van der Waals surface area contributed by atoms with Crippen molar-refractivity contribution in [3.05, 3.63) is 29.3 Å². The van der Waals surface area contributed by atoms with Crippen LogP contribution in [0.3, 0.4) is 0 Å². The first-order chi connectivity index (χ1) is 5.83. The minimum Gasteiger partial charge on any atom is -0.204 e. The van der Waals surface area contributed by atoms with E-state index in [-0.39, 0.29) is 0 Å². The zero-order valence-corrected chi connectivity index (χ0v) is 9.52. The van der Waals surface area contributed by atoms with Crippen LogP contribution in [0.5, 0.6) is 0 Å². The lowest BCUT2D eigenvalue weighted by molar-refractivity contribution is 1.12. The predicted octanol–water partition coefficient (Wildman–Crippen LogP) is 4.14. The van der Waals surface area contributed by atoms with Crippen molar-refractivity contribution in [3.63, 3.8) is 0 Å². The Bertz CT molecular complexity index is 286. The molecule has 0 atom stereocenters. The highest BCUT2D eigenvalue weighted by Gasteiger charge is 2.04. The van der Waals surface area contributed by atoms with Crippen molar-refractivity contribution in [1.29, 1.82) is 5.53 Å². The third kappa shape index (κ3) is 1.93. The van der Waals surface area contributed by atoms with E-state index >= 15 is 0 Å². The van der Waals surface area contributed by atoms with Crippen molar-refractivity contribution < 1.29 is 0 Å². The van der Waals surface area contributed by atoms with Crippen LogP contribution in [0.1, 0.15) is 11.1 Å². The largest absolute Gasteiger partial charge is 0.204 e. The standard InChI is InChI=1S/C8H8Br2N2/c9-4-6-2-1-3-8(12-11)7(6)5-10/h1-3,11H,4-5H2. The third-order valence-corrected chi connectivity index (χ3v) is 2.81. The lowest BCUT2D eigenvalue weighted by atomic mass is 10.1. The summed E-state index contributed by atoms with van der Waals surface area (Å²) in [7, 11) is 0. The first-order valence-corrected chi connectivity index (χ1v) is 5.68. The average Bonchev–Trinajstić information content (AvgIpc) is 2.16. The second-order valence-electron chi connectivity index (χ2n) is 2.29. The number of halogens is 2. The van der Waals surface area contributed by atoms with E-state index in [0.717, 1.165) is 21.9 Å². The highest BCUT2D eigenvalue weighted by Crippen LogP contribution is 2.26. The summed E-state index contributed by atoms with van der Waals surface area (Å²) in [6.07, 6.45) is 0. The molecule has 0 amide bonds. The van der Waals surface area contributed by atoms with E-state index in [4.69, 9.17) is 5.53 Å². The Hall–Kier alpha value is -0.220. The maximum Gasteiger partial charge on any atom is 0.0893 e. The van der Waals surface area contributed by atoms with Crippen molar-refractivity contribution in [1.82, 2.24) is 0 Å². The van der Waals surface area contributed by atoms with Gasteiger partial charge in [0.15, 0.2) is 0 Å². The highest BCUT2D eigenvalue weighted by atomic mass is 79.9. The number of rotatable bonds is 3. The quantitative estimate of drug-likeness (QED) is 0.642. The number of benzene rings is 1. The molecule has 0 bridgehead atoms. The predicted molar refractivity (Wildman–Crippen MR) is 56.5 cm³/mol. The normalized spacial score (nSPS) is 9.83. The zero-order valence-electron chi connectivity index (χ0n) is 6.35. The van der Waals surface area contributed by atoms with Gasteiger partial charge in [0.25, 0.3) is 0 Å². The van der Waals surface area contributed by atoms with E-state index in [1.54, 1.807) is 0 Å². The maximum absolute atomic E-state index is 6.95. The molecule has 0 radical (unpaired) electrons. The van der Waals surface area contributed by atoms with Crippen molar-refractivity contribution >= 4 is 37.5 Å². The molecule has 0 aliphatic heterocycles. The SMILES string of the molecule is N=Nc1cccc(CBr)c1CBr. The summed E-state index contributed by atoms with van der Waals surface area (Å²) in [6, 6.07) is 5.78. The van der Waals surface area contributed by atoms with Crippen LogP contribution in [0.2, 0.25) is 0 Å². The zero-order chi connectivity index (χ0) is 8.97. The fraction of sp³-hybridized carbons (Fsp3) is 0.250. The molecule has 0 aliphatic rings. The summed E-state index contributed by atoms with van der Waals surface area (Å²) in [5, 5.41) is 4.99. The molecule has 0 fully saturated rings. The van der Waals surface area contributed by atoms with Gasteiger partial charge in [-0.2, -0.15) is 5.11 Å². The van der Waals surface area contributed by atoms with Crippen molar-refractivity contribution in [2.24, 2.45) is 5.11 Å². The fourth-order valence-corrected chi connectivity index (χ4v) is 2.18. The topological polar surface area (TPSA) is 36.2 Å². The first-order valence-electron chi connectivity index (χ1n) is 3.43. The van der Waals surface area contributed by atoms with Gasteiger partial charge >= 0.3 is 0 Å². The number of hydrogen-bond acceptors (Lipinski definition) is 2. The Morgan fingerprint density at radius 3 is 2.50 bits per heavy atom. The van der Waals surface area contributed by atoms with Crippen molar-refractivity contribution in [2.45, 2.75) is 10.7 Å². The van der Waals surface area contributed by atoms with Crippen LogP contribution in [-0.4, -0.2) is 0 Å². The highest BCUT2D eigenvalue weighted by molar-refractivity contribution is 9.09. The summed E-state index contributed by atoms with van der Waals surface area (Å²) in [4.78, 5) is 0. The number of nitrogens with one attached hydrogen (secondary N) is 1. The molecule has 0 saturated carbocycles. The van der Waals surface area contributed by atoms with Gasteiger partial charge < -0.3 is 0 Å². The monoisotopic (exact) mass is 290 g/mol. The number of hydrogen-bond donors (Lipinski definition) is 1. The number of alkyl halides is 2. The summed E-state index contributed by atoms with van der Waals surface area (Å²) in [5.74, 6) is 0. The molecule has 4 heteroatoms. The van der Waals surface area contributed by atoms with Gasteiger partial charge in [0.05, 0.1) is 5.69 Å². The Morgan fingerprint density at radius 2 is 2.00 bits per heavy atom. The average molecular weight is 292 g/mol. The smallest absolute Gasteiger partial charge is 0.0893 e. The first kappa shape index (κ1) is 9.86. The van der Waals surface area contributed by atoms with Crippen LogP contribution >= 0.6 is 31.9 Å². The van der Waals surface area contributed by atoms with E-state index in [2.05, 4.69) is 37.0 Å². The van der Waals surface area contributed by atoms with Crippen molar-refractivity contribution in [3.8, 4) is 0 Å². The molecular formula is C8H8Br2N2. The van der Waals surface area contributed by atoms with Crippen LogP contribution in [0.4, 0.5) is 5.69 Å². The van der Waals surface area contributed by atoms with Crippen LogP contribution in [0, 0.1) is 5.53 Å². The molecule has 1 rings (SSSR count). The molecule has 1 N–H and O–H groups in total. The molecule has 1 aromatic rings. The Balaban J connectivity index is 3.21. The van der Waals surface area contributed by atoms with E-state index in [9.17, 15) is 0 Å². The van der Waals surface area contributed by atoms with Crippen LogP contribution < -0.4 is 0 Å². The minimum atomic E-state index is 0.740. The van der Waals surface area contributed by atoms with Crippen LogP contribution in [0.25, 0.3) is 0 Å². The fourth-order valence-electron chi connectivity index (χ4n) is 1.01. The molecular weight excluding hydrogens is 284 g/mol.